The van der Waals surface area contributed by atoms with E-state index in [-0.39, 0.29) is 22.3 Å². The van der Waals surface area contributed by atoms with E-state index in [0.717, 1.165) is 0 Å². The first kappa shape index (κ1) is 18.1. The van der Waals surface area contributed by atoms with Crippen LogP contribution in [0.15, 0.2) is 21.9 Å². The highest BCUT2D eigenvalue weighted by atomic mass is 28.4. The van der Waals surface area contributed by atoms with E-state index in [2.05, 4.69) is 46.5 Å². The second kappa shape index (κ2) is 5.17. The molecule has 0 spiro atoms. The maximum Gasteiger partial charge on any atom is 0.349 e. The molecule has 4 rings (SSSR count). The van der Waals surface area contributed by atoms with Crippen LogP contribution in [-0.4, -0.2) is 43.0 Å². The van der Waals surface area contributed by atoms with Crippen LogP contribution in [-0.2, 0) is 24.2 Å². The minimum absolute atomic E-state index is 0.148. The van der Waals surface area contributed by atoms with E-state index in [9.17, 15) is 9.59 Å². The number of nitrogens with one attached hydrogen (secondary N) is 1. The Morgan fingerprint density at radius 3 is 2.38 bits per heavy atom. The molecule has 4 heterocycles. The Bertz CT molecular complexity index is 836. The summed E-state index contributed by atoms with van der Waals surface area (Å²) in [4.78, 5) is 25.8. The van der Waals surface area contributed by atoms with Crippen molar-refractivity contribution in [3.8, 4) is 0 Å². The fraction of sp³-hybridized carbons (Fsp3) is 0.765. The molecule has 8 nitrogen and oxygen atoms in total. The van der Waals surface area contributed by atoms with Crippen LogP contribution in [0.4, 0.5) is 0 Å². The van der Waals surface area contributed by atoms with Gasteiger partial charge >= 0.3 is 14.3 Å². The van der Waals surface area contributed by atoms with Crippen molar-refractivity contribution in [2.75, 3.05) is 6.61 Å². The van der Waals surface area contributed by atoms with Crippen LogP contribution in [0.3, 0.4) is 0 Å². The van der Waals surface area contributed by atoms with Crippen molar-refractivity contribution in [2.45, 2.75) is 75.8 Å². The molecule has 3 saturated heterocycles. The van der Waals surface area contributed by atoms with Crippen LogP contribution < -0.4 is 11.2 Å². The standard InChI is InChI=1S/C17H26N2O6Si/c1-15(2,3)26(16(4,5)6)22-9-10-12(25-26)13-17(23-10,24-13)19-8-7-11(20)18-14(19)21/h7-8,10,12-13H,9H2,1-6H3,(H,18,20,21)/t10-,12-,13-,17-/m1/s1. The van der Waals surface area contributed by atoms with Crippen LogP contribution in [0.5, 0.6) is 0 Å². The van der Waals surface area contributed by atoms with E-state index in [1.807, 2.05) is 0 Å². The Balaban J connectivity index is 1.69. The number of nitrogens with zero attached hydrogens (tertiary/aromatic N) is 1. The third-order valence-electron chi connectivity index (χ3n) is 5.47. The Morgan fingerprint density at radius 2 is 1.81 bits per heavy atom. The smallest absolute Gasteiger partial charge is 0.349 e. The van der Waals surface area contributed by atoms with Gasteiger partial charge in [0.15, 0.2) is 6.10 Å². The van der Waals surface area contributed by atoms with Gasteiger partial charge in [-0.25, -0.2) is 9.36 Å². The third-order valence-corrected chi connectivity index (χ3v) is 10.6. The fourth-order valence-corrected chi connectivity index (χ4v) is 9.46. The molecule has 3 aliphatic rings. The van der Waals surface area contributed by atoms with Crippen molar-refractivity contribution in [1.82, 2.24) is 9.55 Å². The number of ether oxygens (including phenoxy) is 2. The first-order chi connectivity index (χ1) is 11.9. The second-order valence-electron chi connectivity index (χ2n) is 9.32. The van der Waals surface area contributed by atoms with E-state index in [4.69, 9.17) is 18.3 Å². The van der Waals surface area contributed by atoms with Gasteiger partial charge in [-0.2, -0.15) is 0 Å². The quantitative estimate of drug-likeness (QED) is 0.583. The van der Waals surface area contributed by atoms with Crippen molar-refractivity contribution < 1.29 is 18.3 Å². The van der Waals surface area contributed by atoms with Crippen molar-refractivity contribution in [1.29, 1.82) is 0 Å². The van der Waals surface area contributed by atoms with Crippen LogP contribution in [0, 0.1) is 0 Å². The van der Waals surface area contributed by atoms with E-state index in [0.29, 0.717) is 6.61 Å². The van der Waals surface area contributed by atoms with Crippen LogP contribution in [0.25, 0.3) is 0 Å². The summed E-state index contributed by atoms with van der Waals surface area (Å²) in [6.07, 6.45) is 0.402. The number of aromatic amines is 1. The predicted molar refractivity (Wildman–Crippen MR) is 95.1 cm³/mol. The fourth-order valence-electron chi connectivity index (χ4n) is 4.51. The predicted octanol–water partition coefficient (Wildman–Crippen LogP) is 1.40. The molecule has 0 saturated carbocycles. The van der Waals surface area contributed by atoms with Gasteiger partial charge in [0, 0.05) is 22.3 Å². The molecular formula is C17H26N2O6Si. The van der Waals surface area contributed by atoms with E-state index in [1.54, 1.807) is 0 Å². The number of epoxide rings is 1. The highest BCUT2D eigenvalue weighted by Crippen LogP contribution is 2.60. The van der Waals surface area contributed by atoms with Crippen molar-refractivity contribution in [2.24, 2.45) is 0 Å². The summed E-state index contributed by atoms with van der Waals surface area (Å²) in [6.45, 7) is 13.3. The summed E-state index contributed by atoms with van der Waals surface area (Å²) in [5, 5.41) is -0.295. The van der Waals surface area contributed by atoms with Gasteiger partial charge in [-0.15, -0.1) is 0 Å². The summed E-state index contributed by atoms with van der Waals surface area (Å²) < 4.78 is 26.2. The molecule has 0 radical (unpaired) electrons. The Labute approximate surface area is 152 Å². The molecule has 144 valence electrons. The Kier molecular flexibility index (Phi) is 3.60. The average Bonchev–Trinajstić information content (AvgIpc) is 3.12. The number of rotatable bonds is 1. The minimum atomic E-state index is -2.65. The second-order valence-corrected chi connectivity index (χ2v) is 14.1. The average molecular weight is 382 g/mol. The van der Waals surface area contributed by atoms with E-state index < -0.39 is 31.8 Å². The molecule has 4 atom stereocenters. The van der Waals surface area contributed by atoms with Gasteiger partial charge in [-0.3, -0.25) is 9.78 Å². The summed E-state index contributed by atoms with van der Waals surface area (Å²) in [6, 6.07) is 1.28. The summed E-state index contributed by atoms with van der Waals surface area (Å²) in [5.41, 5.74) is -1.02. The molecule has 0 aromatic carbocycles. The molecule has 26 heavy (non-hydrogen) atoms. The van der Waals surface area contributed by atoms with E-state index in [1.165, 1.54) is 16.8 Å². The topological polar surface area (TPSA) is 95.1 Å². The van der Waals surface area contributed by atoms with Gasteiger partial charge in [0.1, 0.15) is 12.2 Å². The lowest BCUT2D eigenvalue weighted by Gasteiger charge is -2.53. The lowest BCUT2D eigenvalue weighted by atomic mass is 10.2. The van der Waals surface area contributed by atoms with Gasteiger partial charge in [0.2, 0.25) is 0 Å². The van der Waals surface area contributed by atoms with Gasteiger partial charge in [0.05, 0.1) is 6.61 Å². The largest absolute Gasteiger partial charge is 0.391 e. The molecule has 1 N–H and O–H groups in total. The number of aromatic nitrogens is 2. The van der Waals surface area contributed by atoms with Crippen LogP contribution in [0.2, 0.25) is 10.1 Å². The number of hydrogen-bond acceptors (Lipinski definition) is 6. The summed E-state index contributed by atoms with van der Waals surface area (Å²) in [7, 11) is -2.65. The maximum absolute atomic E-state index is 12.2. The zero-order chi connectivity index (χ0) is 19.1. The highest BCUT2D eigenvalue weighted by Gasteiger charge is 2.77. The molecule has 3 aliphatic heterocycles. The summed E-state index contributed by atoms with van der Waals surface area (Å²) in [5.74, 6) is -1.21. The van der Waals surface area contributed by atoms with E-state index >= 15 is 0 Å². The van der Waals surface area contributed by atoms with Crippen LogP contribution in [0.1, 0.15) is 41.5 Å². The molecular weight excluding hydrogens is 356 g/mol. The molecule has 1 aromatic heterocycles. The first-order valence-corrected chi connectivity index (χ1v) is 10.7. The molecule has 1 aromatic rings. The Morgan fingerprint density at radius 1 is 1.15 bits per heavy atom. The lowest BCUT2D eigenvalue weighted by molar-refractivity contribution is -0.184. The Hall–Kier alpha value is -1.26. The van der Waals surface area contributed by atoms with Gasteiger partial charge in [-0.1, -0.05) is 41.5 Å². The monoisotopic (exact) mass is 382 g/mol. The highest BCUT2D eigenvalue weighted by molar-refractivity contribution is 6.73. The van der Waals surface area contributed by atoms with Crippen molar-refractivity contribution in [3.05, 3.63) is 33.1 Å². The summed E-state index contributed by atoms with van der Waals surface area (Å²) >= 11 is 0. The van der Waals surface area contributed by atoms with Gasteiger partial charge in [-0.05, 0) is 0 Å². The molecule has 0 amide bonds. The van der Waals surface area contributed by atoms with Gasteiger partial charge < -0.3 is 18.3 Å². The molecule has 9 heteroatoms. The zero-order valence-electron chi connectivity index (χ0n) is 16.0. The van der Waals surface area contributed by atoms with Crippen LogP contribution >= 0.6 is 0 Å². The normalized spacial score (nSPS) is 35.7. The number of hydrogen-bond donors (Lipinski definition) is 1. The number of H-pyrrole nitrogens is 1. The van der Waals surface area contributed by atoms with Gasteiger partial charge in [0.25, 0.3) is 11.5 Å². The molecule has 3 fully saturated rings. The zero-order valence-corrected chi connectivity index (χ0v) is 17.0. The van der Waals surface area contributed by atoms with Crippen molar-refractivity contribution >= 4 is 8.56 Å². The molecule has 0 unspecified atom stereocenters. The molecule has 0 aliphatic carbocycles. The number of fused-ring (bicyclic) bond motifs is 3. The maximum atomic E-state index is 12.2. The minimum Gasteiger partial charge on any atom is -0.391 e. The third kappa shape index (κ3) is 2.27. The van der Waals surface area contributed by atoms with Crippen molar-refractivity contribution in [3.63, 3.8) is 0 Å². The SMILES string of the molecule is CC(C)(C)[Si]1(C(C)(C)C)OC[C@H]2O[C@@]3(n4ccc(=O)[nH]c4=O)O[C@@H]3[C@@H]2O1. The first-order valence-electron chi connectivity index (χ1n) is 8.91. The molecule has 0 bridgehead atoms. The lowest BCUT2D eigenvalue weighted by Crippen LogP contribution is -2.65.